The van der Waals surface area contributed by atoms with Crippen molar-refractivity contribution in [3.05, 3.63) is 29.8 Å². The Balaban J connectivity index is 2.52. The fraction of sp³-hybridized carbons (Fsp3) is 0.300. The lowest BCUT2D eigenvalue weighted by Crippen LogP contribution is -2.15. The molecule has 3 heteroatoms. The van der Waals surface area contributed by atoms with Gasteiger partial charge < -0.3 is 10.1 Å². The molecular formula is C10H12N2O. The summed E-state index contributed by atoms with van der Waals surface area (Å²) in [6, 6.07) is 9.21. The standard InChI is InChI=1S/C10H12N2O/c1-12-5-6-13-10-4-2-3-9(7-10)8-11/h2-4,7,12H,5-6H2,1H3. The van der Waals surface area contributed by atoms with Crippen molar-refractivity contribution in [3.8, 4) is 11.8 Å². The molecule has 0 atom stereocenters. The second-order valence-corrected chi connectivity index (χ2v) is 2.59. The molecule has 0 fully saturated rings. The molecule has 0 heterocycles. The van der Waals surface area contributed by atoms with E-state index in [1.54, 1.807) is 12.1 Å². The lowest BCUT2D eigenvalue weighted by atomic mass is 10.2. The normalized spacial score (nSPS) is 9.23. The van der Waals surface area contributed by atoms with Crippen molar-refractivity contribution in [2.75, 3.05) is 20.2 Å². The molecule has 0 radical (unpaired) electrons. The van der Waals surface area contributed by atoms with Crippen molar-refractivity contribution < 1.29 is 4.74 Å². The number of likely N-dealkylation sites (N-methyl/N-ethyl adjacent to an activating group) is 1. The minimum absolute atomic E-state index is 0.616. The summed E-state index contributed by atoms with van der Waals surface area (Å²) >= 11 is 0. The molecule has 1 N–H and O–H groups in total. The first-order valence-electron chi connectivity index (χ1n) is 4.14. The molecule has 0 saturated carbocycles. The lowest BCUT2D eigenvalue weighted by molar-refractivity contribution is 0.318. The van der Waals surface area contributed by atoms with Crippen LogP contribution in [0.2, 0.25) is 0 Å². The Kier molecular flexibility index (Phi) is 3.80. The number of benzene rings is 1. The van der Waals surface area contributed by atoms with E-state index in [4.69, 9.17) is 10.00 Å². The molecule has 3 nitrogen and oxygen atoms in total. The fourth-order valence-electron chi connectivity index (χ4n) is 0.926. The highest BCUT2D eigenvalue weighted by Gasteiger charge is 1.94. The van der Waals surface area contributed by atoms with Gasteiger partial charge in [0.25, 0.3) is 0 Å². The van der Waals surface area contributed by atoms with Gasteiger partial charge in [-0.15, -0.1) is 0 Å². The Bertz CT molecular complexity index is 304. The zero-order valence-electron chi connectivity index (χ0n) is 7.58. The summed E-state index contributed by atoms with van der Waals surface area (Å²) in [7, 11) is 1.87. The fourth-order valence-corrected chi connectivity index (χ4v) is 0.926. The maximum Gasteiger partial charge on any atom is 0.120 e. The Morgan fingerprint density at radius 1 is 1.54 bits per heavy atom. The number of hydrogen-bond acceptors (Lipinski definition) is 3. The first-order chi connectivity index (χ1) is 6.36. The van der Waals surface area contributed by atoms with Gasteiger partial charge in [0.15, 0.2) is 0 Å². The summed E-state index contributed by atoms with van der Waals surface area (Å²) in [5.74, 6) is 0.745. The lowest BCUT2D eigenvalue weighted by Gasteiger charge is -2.04. The van der Waals surface area contributed by atoms with Gasteiger partial charge in [-0.25, -0.2) is 0 Å². The first kappa shape index (κ1) is 9.56. The van der Waals surface area contributed by atoms with E-state index in [0.29, 0.717) is 12.2 Å². The molecule has 0 aliphatic heterocycles. The summed E-state index contributed by atoms with van der Waals surface area (Å²) in [6.45, 7) is 1.42. The van der Waals surface area contributed by atoms with Crippen LogP contribution in [-0.4, -0.2) is 20.2 Å². The van der Waals surface area contributed by atoms with Crippen molar-refractivity contribution in [2.45, 2.75) is 0 Å². The van der Waals surface area contributed by atoms with Crippen LogP contribution >= 0.6 is 0 Å². The van der Waals surface area contributed by atoms with Crippen LogP contribution in [0, 0.1) is 11.3 Å². The van der Waals surface area contributed by atoms with Crippen molar-refractivity contribution >= 4 is 0 Å². The summed E-state index contributed by atoms with van der Waals surface area (Å²) < 4.78 is 5.38. The third-order valence-electron chi connectivity index (χ3n) is 1.58. The summed E-state index contributed by atoms with van der Waals surface area (Å²) in [6.07, 6.45) is 0. The minimum Gasteiger partial charge on any atom is -0.492 e. The highest BCUT2D eigenvalue weighted by Crippen LogP contribution is 2.11. The van der Waals surface area contributed by atoms with E-state index in [0.717, 1.165) is 12.3 Å². The van der Waals surface area contributed by atoms with Gasteiger partial charge in [-0.1, -0.05) is 6.07 Å². The van der Waals surface area contributed by atoms with Gasteiger partial charge >= 0.3 is 0 Å². The molecule has 0 amide bonds. The largest absolute Gasteiger partial charge is 0.492 e. The average molecular weight is 176 g/mol. The third kappa shape index (κ3) is 3.14. The van der Waals surface area contributed by atoms with Gasteiger partial charge in [-0.3, -0.25) is 0 Å². The van der Waals surface area contributed by atoms with E-state index in [-0.39, 0.29) is 0 Å². The Morgan fingerprint density at radius 3 is 3.08 bits per heavy atom. The molecular weight excluding hydrogens is 164 g/mol. The zero-order valence-corrected chi connectivity index (χ0v) is 7.58. The van der Waals surface area contributed by atoms with E-state index >= 15 is 0 Å². The van der Waals surface area contributed by atoms with Gasteiger partial charge in [0.1, 0.15) is 12.4 Å². The first-order valence-corrected chi connectivity index (χ1v) is 4.14. The van der Waals surface area contributed by atoms with Gasteiger partial charge in [-0.05, 0) is 25.2 Å². The number of hydrogen-bond donors (Lipinski definition) is 1. The molecule has 68 valence electrons. The van der Waals surface area contributed by atoms with Crippen LogP contribution in [0.1, 0.15) is 5.56 Å². The third-order valence-corrected chi connectivity index (χ3v) is 1.58. The van der Waals surface area contributed by atoms with Crippen molar-refractivity contribution in [1.82, 2.24) is 5.32 Å². The topological polar surface area (TPSA) is 45.0 Å². The predicted octanol–water partition coefficient (Wildman–Crippen LogP) is 1.16. The van der Waals surface area contributed by atoms with E-state index in [1.165, 1.54) is 0 Å². The molecule has 0 aliphatic carbocycles. The monoisotopic (exact) mass is 176 g/mol. The van der Waals surface area contributed by atoms with E-state index < -0.39 is 0 Å². The van der Waals surface area contributed by atoms with Crippen LogP contribution in [0.4, 0.5) is 0 Å². The van der Waals surface area contributed by atoms with Gasteiger partial charge in [-0.2, -0.15) is 5.26 Å². The van der Waals surface area contributed by atoms with Crippen molar-refractivity contribution in [2.24, 2.45) is 0 Å². The smallest absolute Gasteiger partial charge is 0.120 e. The predicted molar refractivity (Wildman–Crippen MR) is 50.6 cm³/mol. The molecule has 0 spiro atoms. The van der Waals surface area contributed by atoms with Gasteiger partial charge in [0, 0.05) is 6.54 Å². The molecule has 0 saturated heterocycles. The number of nitrogens with zero attached hydrogens (tertiary/aromatic N) is 1. The van der Waals surface area contributed by atoms with Crippen LogP contribution in [0.15, 0.2) is 24.3 Å². The van der Waals surface area contributed by atoms with Crippen LogP contribution in [0.5, 0.6) is 5.75 Å². The number of nitriles is 1. The second kappa shape index (κ2) is 5.18. The second-order valence-electron chi connectivity index (χ2n) is 2.59. The molecule has 1 rings (SSSR count). The molecule has 0 bridgehead atoms. The van der Waals surface area contributed by atoms with E-state index in [9.17, 15) is 0 Å². The quantitative estimate of drug-likeness (QED) is 0.700. The number of rotatable bonds is 4. The van der Waals surface area contributed by atoms with Gasteiger partial charge in [0.2, 0.25) is 0 Å². The minimum atomic E-state index is 0.616. The van der Waals surface area contributed by atoms with Crippen LogP contribution in [-0.2, 0) is 0 Å². The van der Waals surface area contributed by atoms with Crippen LogP contribution in [0.3, 0.4) is 0 Å². The summed E-state index contributed by atoms with van der Waals surface area (Å²) in [5, 5.41) is 11.6. The number of ether oxygens (including phenoxy) is 1. The van der Waals surface area contributed by atoms with E-state index in [1.807, 2.05) is 19.2 Å². The molecule has 0 aromatic heterocycles. The Morgan fingerprint density at radius 2 is 2.38 bits per heavy atom. The highest BCUT2D eigenvalue weighted by atomic mass is 16.5. The molecule has 13 heavy (non-hydrogen) atoms. The van der Waals surface area contributed by atoms with Crippen LogP contribution < -0.4 is 10.1 Å². The van der Waals surface area contributed by atoms with Crippen LogP contribution in [0.25, 0.3) is 0 Å². The van der Waals surface area contributed by atoms with Gasteiger partial charge in [0.05, 0.1) is 11.6 Å². The SMILES string of the molecule is CNCCOc1cccc(C#N)c1. The highest BCUT2D eigenvalue weighted by molar-refractivity contribution is 5.36. The number of nitrogens with one attached hydrogen (secondary N) is 1. The molecule has 1 aromatic carbocycles. The summed E-state index contributed by atoms with van der Waals surface area (Å²) in [4.78, 5) is 0. The molecule has 1 aromatic rings. The Labute approximate surface area is 77.9 Å². The zero-order chi connectivity index (χ0) is 9.52. The van der Waals surface area contributed by atoms with Crippen molar-refractivity contribution in [1.29, 1.82) is 5.26 Å². The Hall–Kier alpha value is -1.53. The van der Waals surface area contributed by atoms with Crippen molar-refractivity contribution in [3.63, 3.8) is 0 Å². The molecule has 0 aliphatic rings. The van der Waals surface area contributed by atoms with E-state index in [2.05, 4.69) is 11.4 Å². The summed E-state index contributed by atoms with van der Waals surface area (Å²) in [5.41, 5.74) is 0.627. The maximum atomic E-state index is 8.62. The average Bonchev–Trinajstić information content (AvgIpc) is 2.19. The maximum absolute atomic E-state index is 8.62. The molecule has 0 unspecified atom stereocenters.